The average Bonchev–Trinajstić information content (AvgIpc) is 2.29. The standard InChI is InChI=1S/C11H10F3NO4/c12-11(13,14)19-9-2-1-6(16)5-7(9)10(18)8(17)3-4-15/h1-2,5,8,10,16-18H,3H2. The molecule has 5 nitrogen and oxygen atoms in total. The Kier molecular flexibility index (Phi) is 4.58. The van der Waals surface area contributed by atoms with Gasteiger partial charge in [0.15, 0.2) is 0 Å². The summed E-state index contributed by atoms with van der Waals surface area (Å²) >= 11 is 0. The molecule has 2 unspecified atom stereocenters. The summed E-state index contributed by atoms with van der Waals surface area (Å²) in [5.74, 6) is -1.16. The van der Waals surface area contributed by atoms with Gasteiger partial charge in [-0.05, 0) is 18.2 Å². The third-order valence-electron chi connectivity index (χ3n) is 2.20. The Morgan fingerprint density at radius 3 is 2.47 bits per heavy atom. The van der Waals surface area contributed by atoms with E-state index in [4.69, 9.17) is 5.26 Å². The lowest BCUT2D eigenvalue weighted by Gasteiger charge is -2.20. The van der Waals surface area contributed by atoms with Crippen molar-refractivity contribution in [2.45, 2.75) is 25.0 Å². The molecule has 1 aromatic rings. The Balaban J connectivity index is 3.10. The van der Waals surface area contributed by atoms with E-state index in [-0.39, 0.29) is 0 Å². The summed E-state index contributed by atoms with van der Waals surface area (Å²) in [4.78, 5) is 0. The van der Waals surface area contributed by atoms with Crippen molar-refractivity contribution < 1.29 is 33.2 Å². The van der Waals surface area contributed by atoms with Gasteiger partial charge in [0.05, 0.1) is 18.6 Å². The van der Waals surface area contributed by atoms with Crippen LogP contribution in [0.25, 0.3) is 0 Å². The summed E-state index contributed by atoms with van der Waals surface area (Å²) in [6, 6.07) is 4.14. The molecule has 2 atom stereocenters. The van der Waals surface area contributed by atoms with Gasteiger partial charge in [0.2, 0.25) is 0 Å². The molecule has 0 aliphatic carbocycles. The number of aliphatic hydroxyl groups excluding tert-OH is 2. The normalized spacial score (nSPS) is 14.5. The summed E-state index contributed by atoms with van der Waals surface area (Å²) in [5.41, 5.74) is -0.458. The smallest absolute Gasteiger partial charge is 0.508 e. The minimum absolute atomic E-state index is 0.410. The van der Waals surface area contributed by atoms with Gasteiger partial charge in [0.1, 0.15) is 17.6 Å². The Bertz CT molecular complexity index is 484. The second kappa shape index (κ2) is 5.77. The largest absolute Gasteiger partial charge is 0.573 e. The first-order valence-corrected chi connectivity index (χ1v) is 5.06. The molecule has 1 aromatic carbocycles. The molecule has 104 valence electrons. The highest BCUT2D eigenvalue weighted by molar-refractivity contribution is 5.41. The lowest BCUT2D eigenvalue weighted by atomic mass is 10.0. The van der Waals surface area contributed by atoms with Crippen molar-refractivity contribution >= 4 is 0 Å². The summed E-state index contributed by atoms with van der Waals surface area (Å²) in [6.07, 6.45) is -8.85. The highest BCUT2D eigenvalue weighted by atomic mass is 19.4. The Hall–Kier alpha value is -1.98. The number of benzene rings is 1. The fourth-order valence-corrected chi connectivity index (χ4v) is 1.40. The maximum atomic E-state index is 12.2. The predicted octanol–water partition coefficient (Wildman–Crippen LogP) is 1.60. The number of phenols is 1. The topological polar surface area (TPSA) is 93.7 Å². The van der Waals surface area contributed by atoms with E-state index in [2.05, 4.69) is 4.74 Å². The first kappa shape index (κ1) is 15.1. The minimum Gasteiger partial charge on any atom is -0.508 e. The van der Waals surface area contributed by atoms with Crippen molar-refractivity contribution in [3.05, 3.63) is 23.8 Å². The number of ether oxygens (including phenoxy) is 1. The Morgan fingerprint density at radius 1 is 1.32 bits per heavy atom. The number of nitriles is 1. The van der Waals surface area contributed by atoms with Crippen molar-refractivity contribution in [3.63, 3.8) is 0 Å². The van der Waals surface area contributed by atoms with E-state index in [0.717, 1.165) is 18.2 Å². The van der Waals surface area contributed by atoms with E-state index in [1.54, 1.807) is 6.07 Å². The van der Waals surface area contributed by atoms with Crippen LogP contribution >= 0.6 is 0 Å². The van der Waals surface area contributed by atoms with Gasteiger partial charge in [-0.2, -0.15) is 5.26 Å². The SMILES string of the molecule is N#CCC(O)C(O)c1cc(O)ccc1OC(F)(F)F. The first-order chi connectivity index (χ1) is 8.74. The number of hydrogen-bond donors (Lipinski definition) is 3. The van der Waals surface area contributed by atoms with Gasteiger partial charge < -0.3 is 20.1 Å². The van der Waals surface area contributed by atoms with Crippen LogP contribution < -0.4 is 4.74 Å². The molecule has 1 rings (SSSR count). The van der Waals surface area contributed by atoms with Gasteiger partial charge >= 0.3 is 6.36 Å². The van der Waals surface area contributed by atoms with Crippen molar-refractivity contribution in [2.75, 3.05) is 0 Å². The molecule has 0 amide bonds. The van der Waals surface area contributed by atoms with Crippen LogP contribution in [0.5, 0.6) is 11.5 Å². The molecular formula is C11H10F3NO4. The molecule has 0 bridgehead atoms. The summed E-state index contributed by atoms with van der Waals surface area (Å²) in [5, 5.41) is 36.6. The third-order valence-corrected chi connectivity index (χ3v) is 2.20. The molecule has 0 fully saturated rings. The van der Waals surface area contributed by atoms with Gasteiger partial charge in [-0.1, -0.05) is 0 Å². The molecule has 0 saturated carbocycles. The Labute approximate surface area is 106 Å². The average molecular weight is 277 g/mol. The van der Waals surface area contributed by atoms with Crippen LogP contribution in [0.2, 0.25) is 0 Å². The van der Waals surface area contributed by atoms with Crippen molar-refractivity contribution in [1.82, 2.24) is 0 Å². The molecule has 0 spiro atoms. The third kappa shape index (κ3) is 4.31. The zero-order chi connectivity index (χ0) is 14.6. The maximum absolute atomic E-state index is 12.2. The van der Waals surface area contributed by atoms with Gasteiger partial charge in [-0.25, -0.2) is 0 Å². The maximum Gasteiger partial charge on any atom is 0.573 e. The van der Waals surface area contributed by atoms with Crippen LogP contribution in [0.4, 0.5) is 13.2 Å². The number of halogens is 3. The van der Waals surface area contributed by atoms with Crippen LogP contribution in [0.15, 0.2) is 18.2 Å². The lowest BCUT2D eigenvalue weighted by Crippen LogP contribution is -2.22. The van der Waals surface area contributed by atoms with Gasteiger partial charge in [-0.15, -0.1) is 13.2 Å². The van der Waals surface area contributed by atoms with Crippen molar-refractivity contribution in [2.24, 2.45) is 0 Å². The zero-order valence-corrected chi connectivity index (χ0v) is 9.42. The van der Waals surface area contributed by atoms with Gasteiger partial charge in [0.25, 0.3) is 0 Å². The second-order valence-electron chi connectivity index (χ2n) is 3.64. The monoisotopic (exact) mass is 277 g/mol. The number of aliphatic hydroxyl groups is 2. The molecule has 0 aliphatic rings. The van der Waals surface area contributed by atoms with E-state index in [1.807, 2.05) is 0 Å². The fraction of sp³-hybridized carbons (Fsp3) is 0.364. The summed E-state index contributed by atoms with van der Waals surface area (Å²) < 4.78 is 40.1. The molecule has 0 saturated heterocycles. The first-order valence-electron chi connectivity index (χ1n) is 5.06. The highest BCUT2D eigenvalue weighted by Gasteiger charge is 2.34. The molecule has 0 heterocycles. The van der Waals surface area contributed by atoms with Crippen LogP contribution in [0.1, 0.15) is 18.1 Å². The number of aromatic hydroxyl groups is 1. The summed E-state index contributed by atoms with van der Waals surface area (Å²) in [6.45, 7) is 0. The van der Waals surface area contributed by atoms with Gasteiger partial charge in [0, 0.05) is 5.56 Å². The summed E-state index contributed by atoms with van der Waals surface area (Å²) in [7, 11) is 0. The number of phenolic OH excluding ortho intramolecular Hbond substituents is 1. The van der Waals surface area contributed by atoms with Crippen LogP contribution in [-0.4, -0.2) is 27.8 Å². The predicted molar refractivity (Wildman–Crippen MR) is 56.0 cm³/mol. The van der Waals surface area contributed by atoms with Crippen LogP contribution in [-0.2, 0) is 0 Å². The molecule has 0 aliphatic heterocycles. The van der Waals surface area contributed by atoms with E-state index in [1.165, 1.54) is 0 Å². The van der Waals surface area contributed by atoms with E-state index < -0.39 is 42.1 Å². The number of nitrogens with zero attached hydrogens (tertiary/aromatic N) is 1. The van der Waals surface area contributed by atoms with E-state index in [0.29, 0.717) is 0 Å². The number of alkyl halides is 3. The van der Waals surface area contributed by atoms with Crippen molar-refractivity contribution in [1.29, 1.82) is 5.26 Å². The van der Waals surface area contributed by atoms with Gasteiger partial charge in [-0.3, -0.25) is 0 Å². The zero-order valence-electron chi connectivity index (χ0n) is 9.42. The molecule has 0 radical (unpaired) electrons. The molecule has 0 aromatic heterocycles. The lowest BCUT2D eigenvalue weighted by molar-refractivity contribution is -0.275. The molecule has 8 heteroatoms. The number of hydrogen-bond acceptors (Lipinski definition) is 5. The van der Waals surface area contributed by atoms with Crippen molar-refractivity contribution in [3.8, 4) is 17.6 Å². The molecule has 3 N–H and O–H groups in total. The second-order valence-corrected chi connectivity index (χ2v) is 3.64. The van der Waals surface area contributed by atoms with Crippen LogP contribution in [0, 0.1) is 11.3 Å². The van der Waals surface area contributed by atoms with Crippen LogP contribution in [0.3, 0.4) is 0 Å². The highest BCUT2D eigenvalue weighted by Crippen LogP contribution is 2.34. The molecule has 19 heavy (non-hydrogen) atoms. The minimum atomic E-state index is -4.98. The Morgan fingerprint density at radius 2 is 1.95 bits per heavy atom. The van der Waals surface area contributed by atoms with E-state index >= 15 is 0 Å². The quantitative estimate of drug-likeness (QED) is 0.777. The molecular weight excluding hydrogens is 267 g/mol. The number of rotatable bonds is 4. The fourth-order valence-electron chi connectivity index (χ4n) is 1.40. The van der Waals surface area contributed by atoms with E-state index in [9.17, 15) is 28.5 Å².